The number of carbonyl (C=O) groups is 2. The van der Waals surface area contributed by atoms with Crippen LogP contribution in [0.15, 0.2) is 36.5 Å². The van der Waals surface area contributed by atoms with Gasteiger partial charge >= 0.3 is 5.97 Å². The molecule has 116 valence electrons. The Morgan fingerprint density at radius 3 is 2.68 bits per heavy atom. The van der Waals surface area contributed by atoms with Gasteiger partial charge in [-0.3, -0.25) is 4.79 Å². The van der Waals surface area contributed by atoms with Gasteiger partial charge in [0, 0.05) is 13.3 Å². The summed E-state index contributed by atoms with van der Waals surface area (Å²) >= 11 is 0. The lowest BCUT2D eigenvalue weighted by Gasteiger charge is -2.15. The first-order valence-electron chi connectivity index (χ1n) is 6.78. The number of anilines is 1. The molecule has 1 atom stereocenters. The predicted octanol–water partition coefficient (Wildman–Crippen LogP) is 1.93. The number of amides is 1. The molecule has 2 N–H and O–H groups in total. The normalized spacial score (nSPS) is 11.9. The third-order valence-corrected chi connectivity index (χ3v) is 3.16. The molecule has 0 spiro atoms. The molecule has 0 aliphatic heterocycles. The van der Waals surface area contributed by atoms with E-state index < -0.39 is 12.1 Å². The lowest BCUT2D eigenvalue weighted by atomic mass is 10.2. The monoisotopic (exact) mass is 303 g/mol. The number of nitrogens with one attached hydrogen (secondary N) is 1. The van der Waals surface area contributed by atoms with Crippen molar-refractivity contribution in [2.75, 3.05) is 12.4 Å². The quantitative estimate of drug-likeness (QED) is 0.850. The second-order valence-corrected chi connectivity index (χ2v) is 4.59. The number of methoxy groups -OCH3 is 1. The van der Waals surface area contributed by atoms with Crippen molar-refractivity contribution >= 4 is 17.6 Å². The van der Waals surface area contributed by atoms with Gasteiger partial charge in [0.2, 0.25) is 0 Å². The Labute approximate surface area is 127 Å². The molecule has 0 saturated heterocycles. The standard InChI is InChI=1S/C15H17N3O4/c1-3-13(22-2)14(19)16-10-6-4-5-7-12(10)18-9-8-11(17-18)15(20)21/h4-9,13H,3H2,1-2H3,(H,16,19)(H,20,21). The maximum Gasteiger partial charge on any atom is 0.356 e. The van der Waals surface area contributed by atoms with Crippen molar-refractivity contribution in [3.8, 4) is 5.69 Å². The number of benzene rings is 1. The second-order valence-electron chi connectivity index (χ2n) is 4.59. The number of aromatic nitrogens is 2. The highest BCUT2D eigenvalue weighted by molar-refractivity contribution is 5.96. The van der Waals surface area contributed by atoms with Gasteiger partial charge in [-0.1, -0.05) is 19.1 Å². The molecule has 0 saturated carbocycles. The third kappa shape index (κ3) is 3.32. The van der Waals surface area contributed by atoms with Crippen LogP contribution in [-0.4, -0.2) is 40.0 Å². The third-order valence-electron chi connectivity index (χ3n) is 3.16. The first-order chi connectivity index (χ1) is 10.6. The van der Waals surface area contributed by atoms with E-state index in [1.807, 2.05) is 6.92 Å². The van der Waals surface area contributed by atoms with Gasteiger partial charge in [-0.25, -0.2) is 9.48 Å². The van der Waals surface area contributed by atoms with Crippen LogP contribution in [-0.2, 0) is 9.53 Å². The molecule has 1 aromatic carbocycles. The van der Waals surface area contributed by atoms with Crippen LogP contribution < -0.4 is 5.32 Å². The number of hydrogen-bond acceptors (Lipinski definition) is 4. The minimum absolute atomic E-state index is 0.0653. The van der Waals surface area contributed by atoms with Gasteiger partial charge in [-0.05, 0) is 24.6 Å². The molecule has 0 bridgehead atoms. The number of para-hydroxylation sites is 2. The summed E-state index contributed by atoms with van der Waals surface area (Å²) in [7, 11) is 1.48. The van der Waals surface area contributed by atoms with Gasteiger partial charge in [0.25, 0.3) is 5.91 Å². The van der Waals surface area contributed by atoms with Crippen LogP contribution in [0.4, 0.5) is 5.69 Å². The fourth-order valence-corrected chi connectivity index (χ4v) is 2.02. The molecule has 0 aliphatic rings. The van der Waals surface area contributed by atoms with E-state index in [9.17, 15) is 9.59 Å². The van der Waals surface area contributed by atoms with Crippen LogP contribution in [0.3, 0.4) is 0 Å². The van der Waals surface area contributed by atoms with Gasteiger partial charge in [-0.15, -0.1) is 0 Å². The molecular formula is C15H17N3O4. The van der Waals surface area contributed by atoms with Crippen LogP contribution in [0.25, 0.3) is 5.69 Å². The van der Waals surface area contributed by atoms with Gasteiger partial charge < -0.3 is 15.2 Å². The van der Waals surface area contributed by atoms with E-state index in [0.717, 1.165) is 0 Å². The van der Waals surface area contributed by atoms with Gasteiger partial charge in [0.15, 0.2) is 5.69 Å². The molecule has 0 aliphatic carbocycles. The molecule has 7 heteroatoms. The van der Waals surface area contributed by atoms with E-state index in [1.54, 1.807) is 24.3 Å². The highest BCUT2D eigenvalue weighted by atomic mass is 16.5. The molecule has 2 aromatic rings. The summed E-state index contributed by atoms with van der Waals surface area (Å²) in [6.07, 6.45) is 1.54. The average Bonchev–Trinajstić information content (AvgIpc) is 2.99. The smallest absolute Gasteiger partial charge is 0.356 e. The molecule has 0 fully saturated rings. The van der Waals surface area contributed by atoms with E-state index in [0.29, 0.717) is 17.8 Å². The first-order valence-corrected chi connectivity index (χ1v) is 6.78. The maximum absolute atomic E-state index is 12.1. The highest BCUT2D eigenvalue weighted by Crippen LogP contribution is 2.20. The van der Waals surface area contributed by atoms with Crippen molar-refractivity contribution in [2.45, 2.75) is 19.4 Å². The Balaban J connectivity index is 2.30. The van der Waals surface area contributed by atoms with Crippen molar-refractivity contribution in [3.05, 3.63) is 42.2 Å². The van der Waals surface area contributed by atoms with Crippen LogP contribution in [0.1, 0.15) is 23.8 Å². The van der Waals surface area contributed by atoms with Crippen LogP contribution in [0.5, 0.6) is 0 Å². The summed E-state index contributed by atoms with van der Waals surface area (Å²) in [5.41, 5.74) is 1.04. The topological polar surface area (TPSA) is 93.5 Å². The van der Waals surface area contributed by atoms with Crippen molar-refractivity contribution in [1.82, 2.24) is 9.78 Å². The van der Waals surface area contributed by atoms with E-state index in [-0.39, 0.29) is 11.6 Å². The summed E-state index contributed by atoms with van der Waals surface area (Å²) in [6.45, 7) is 1.85. The number of ether oxygens (including phenoxy) is 1. The summed E-state index contributed by atoms with van der Waals surface area (Å²) in [5.74, 6) is -1.37. The Kier molecular flexibility index (Phi) is 4.90. The van der Waals surface area contributed by atoms with Crippen molar-refractivity contribution in [3.63, 3.8) is 0 Å². The Hall–Kier alpha value is -2.67. The van der Waals surface area contributed by atoms with E-state index >= 15 is 0 Å². The number of aromatic carboxylic acids is 1. The number of carboxylic acid groups (broad SMARTS) is 1. The highest BCUT2D eigenvalue weighted by Gasteiger charge is 2.17. The molecule has 0 radical (unpaired) electrons. The Morgan fingerprint density at radius 1 is 1.36 bits per heavy atom. The Bertz CT molecular complexity index is 677. The van der Waals surface area contributed by atoms with Crippen molar-refractivity contribution < 1.29 is 19.4 Å². The molecule has 1 amide bonds. The predicted molar refractivity (Wildman–Crippen MR) is 80.2 cm³/mol. The average molecular weight is 303 g/mol. The van der Waals surface area contributed by atoms with Crippen molar-refractivity contribution in [2.24, 2.45) is 0 Å². The number of carboxylic acids is 1. The van der Waals surface area contributed by atoms with E-state index in [4.69, 9.17) is 9.84 Å². The SMILES string of the molecule is CCC(OC)C(=O)Nc1ccccc1-n1ccc(C(=O)O)n1. The minimum Gasteiger partial charge on any atom is -0.476 e. The van der Waals surface area contributed by atoms with Crippen LogP contribution >= 0.6 is 0 Å². The molecule has 1 unspecified atom stereocenters. The van der Waals surface area contributed by atoms with Gasteiger partial charge in [-0.2, -0.15) is 5.10 Å². The Morgan fingerprint density at radius 2 is 2.09 bits per heavy atom. The number of rotatable bonds is 6. The zero-order chi connectivity index (χ0) is 16.1. The minimum atomic E-state index is -1.11. The number of nitrogens with zero attached hydrogens (tertiary/aromatic N) is 2. The first kappa shape index (κ1) is 15.7. The summed E-state index contributed by atoms with van der Waals surface area (Å²) in [6, 6.07) is 8.40. The van der Waals surface area contributed by atoms with E-state index in [1.165, 1.54) is 24.1 Å². The van der Waals surface area contributed by atoms with Crippen LogP contribution in [0, 0.1) is 0 Å². The molecular weight excluding hydrogens is 286 g/mol. The van der Waals surface area contributed by atoms with Gasteiger partial charge in [0.1, 0.15) is 6.10 Å². The molecule has 7 nitrogen and oxygen atoms in total. The molecule has 1 aromatic heterocycles. The van der Waals surface area contributed by atoms with Crippen molar-refractivity contribution in [1.29, 1.82) is 0 Å². The zero-order valence-electron chi connectivity index (χ0n) is 12.3. The fraction of sp³-hybridized carbons (Fsp3) is 0.267. The fourth-order valence-electron chi connectivity index (χ4n) is 2.02. The maximum atomic E-state index is 12.1. The van der Waals surface area contributed by atoms with E-state index in [2.05, 4.69) is 10.4 Å². The second kappa shape index (κ2) is 6.86. The number of carbonyl (C=O) groups excluding carboxylic acids is 1. The lowest BCUT2D eigenvalue weighted by molar-refractivity contribution is -0.125. The summed E-state index contributed by atoms with van der Waals surface area (Å²) in [4.78, 5) is 23.0. The van der Waals surface area contributed by atoms with Gasteiger partial charge in [0.05, 0.1) is 11.4 Å². The summed E-state index contributed by atoms with van der Waals surface area (Å²) in [5, 5.41) is 15.7. The molecule has 22 heavy (non-hydrogen) atoms. The summed E-state index contributed by atoms with van der Waals surface area (Å²) < 4.78 is 6.51. The lowest BCUT2D eigenvalue weighted by Crippen LogP contribution is -2.29. The molecule has 1 heterocycles. The number of hydrogen-bond donors (Lipinski definition) is 2. The zero-order valence-corrected chi connectivity index (χ0v) is 12.3. The molecule has 2 rings (SSSR count). The van der Waals surface area contributed by atoms with Crippen LogP contribution in [0.2, 0.25) is 0 Å². The largest absolute Gasteiger partial charge is 0.476 e.